The maximum Gasteiger partial charge on any atom is 0.152 e. The average molecular weight is 299 g/mol. The minimum absolute atomic E-state index is 0.00772. The molecule has 0 saturated carbocycles. The van der Waals surface area contributed by atoms with E-state index in [-0.39, 0.29) is 23.6 Å². The van der Waals surface area contributed by atoms with Crippen molar-refractivity contribution < 1.29 is 8.42 Å². The molecule has 2 heterocycles. The maximum absolute atomic E-state index is 11.7. The van der Waals surface area contributed by atoms with E-state index in [9.17, 15) is 8.42 Å². The van der Waals surface area contributed by atoms with Crippen LogP contribution in [0.1, 0.15) is 62.6 Å². The lowest BCUT2D eigenvalue weighted by molar-refractivity contribution is 0.477. The Morgan fingerprint density at radius 2 is 2.05 bits per heavy atom. The predicted octanol–water partition coefficient (Wildman–Crippen LogP) is 1.78. The molecule has 6 heteroatoms. The van der Waals surface area contributed by atoms with E-state index in [1.807, 2.05) is 4.68 Å². The molecule has 2 N–H and O–H groups in total. The molecule has 0 aromatic carbocycles. The number of hydrogen-bond acceptors (Lipinski definition) is 4. The number of nitrogens with zero attached hydrogens (tertiary/aromatic N) is 2. The third kappa shape index (κ3) is 2.76. The van der Waals surface area contributed by atoms with Crippen molar-refractivity contribution in [1.29, 1.82) is 0 Å². The molecule has 0 bridgehead atoms. The molecule has 1 aromatic heterocycles. The van der Waals surface area contributed by atoms with Gasteiger partial charge in [-0.1, -0.05) is 20.8 Å². The Bertz CT molecular complexity index is 577. The van der Waals surface area contributed by atoms with Gasteiger partial charge in [0.05, 0.1) is 23.2 Å². The molecule has 0 aliphatic carbocycles. The van der Waals surface area contributed by atoms with Gasteiger partial charge in [-0.05, 0) is 25.7 Å². The van der Waals surface area contributed by atoms with Crippen LogP contribution in [0.25, 0.3) is 0 Å². The van der Waals surface area contributed by atoms with Crippen LogP contribution in [0.3, 0.4) is 0 Å². The van der Waals surface area contributed by atoms with Crippen LogP contribution >= 0.6 is 0 Å². The summed E-state index contributed by atoms with van der Waals surface area (Å²) < 4.78 is 25.4. The van der Waals surface area contributed by atoms with Crippen LogP contribution in [0.2, 0.25) is 0 Å². The number of aromatic nitrogens is 2. The molecule has 2 unspecified atom stereocenters. The number of hydrogen-bond donors (Lipinski definition) is 1. The molecule has 114 valence electrons. The van der Waals surface area contributed by atoms with Crippen molar-refractivity contribution in [2.75, 3.05) is 11.5 Å². The molecule has 1 aromatic rings. The molecule has 1 aliphatic rings. The van der Waals surface area contributed by atoms with Crippen LogP contribution < -0.4 is 5.73 Å². The zero-order valence-corrected chi connectivity index (χ0v) is 13.4. The summed E-state index contributed by atoms with van der Waals surface area (Å²) in [5.41, 5.74) is 9.53. The lowest BCUT2D eigenvalue weighted by Gasteiger charge is -2.15. The number of sulfone groups is 1. The smallest absolute Gasteiger partial charge is 0.152 e. The topological polar surface area (TPSA) is 78.0 Å². The number of aryl methyl sites for hydroxylation is 1. The van der Waals surface area contributed by atoms with Crippen LogP contribution in [0.5, 0.6) is 0 Å². The molecule has 2 rings (SSSR count). The van der Waals surface area contributed by atoms with Gasteiger partial charge in [0, 0.05) is 17.3 Å². The third-order valence-electron chi connectivity index (χ3n) is 4.16. The summed E-state index contributed by atoms with van der Waals surface area (Å²) in [4.78, 5) is 0. The first-order valence-electron chi connectivity index (χ1n) is 7.49. The summed E-state index contributed by atoms with van der Waals surface area (Å²) in [6.07, 6.45) is 3.21. The normalized spacial score (nSPS) is 23.1. The van der Waals surface area contributed by atoms with Gasteiger partial charge in [-0.25, -0.2) is 8.42 Å². The van der Waals surface area contributed by atoms with Gasteiger partial charge in [0.2, 0.25) is 0 Å². The van der Waals surface area contributed by atoms with E-state index in [1.54, 1.807) is 0 Å². The van der Waals surface area contributed by atoms with Crippen LogP contribution in [0.4, 0.5) is 0 Å². The van der Waals surface area contributed by atoms with Gasteiger partial charge in [0.25, 0.3) is 0 Å². The van der Waals surface area contributed by atoms with E-state index in [4.69, 9.17) is 5.73 Å². The van der Waals surface area contributed by atoms with Gasteiger partial charge in [-0.15, -0.1) is 0 Å². The molecule has 1 fully saturated rings. The second-order valence-corrected chi connectivity index (χ2v) is 7.76. The van der Waals surface area contributed by atoms with E-state index in [1.165, 1.54) is 0 Å². The minimum Gasteiger partial charge on any atom is -0.324 e. The Morgan fingerprint density at radius 3 is 2.50 bits per heavy atom. The van der Waals surface area contributed by atoms with E-state index in [0.29, 0.717) is 6.42 Å². The summed E-state index contributed by atoms with van der Waals surface area (Å²) >= 11 is 0. The summed E-state index contributed by atoms with van der Waals surface area (Å²) in [5, 5.41) is 4.69. The van der Waals surface area contributed by atoms with Gasteiger partial charge < -0.3 is 5.73 Å². The quantitative estimate of drug-likeness (QED) is 0.899. The molecule has 5 nitrogen and oxygen atoms in total. The van der Waals surface area contributed by atoms with Crippen molar-refractivity contribution in [3.63, 3.8) is 0 Å². The minimum atomic E-state index is -2.90. The standard InChI is InChI=1S/C14H25N3O2S/c1-4-11(15)14-12(5-2)16-17(13(14)6-3)10-7-8-20(18,19)9-10/h10-11H,4-9,15H2,1-3H3. The average Bonchev–Trinajstić information content (AvgIpc) is 2.97. The van der Waals surface area contributed by atoms with E-state index in [2.05, 4.69) is 25.9 Å². The van der Waals surface area contributed by atoms with Crippen molar-refractivity contribution in [3.8, 4) is 0 Å². The Labute approximate surface area is 121 Å². The van der Waals surface area contributed by atoms with E-state index in [0.717, 1.165) is 36.2 Å². The van der Waals surface area contributed by atoms with Crippen molar-refractivity contribution in [3.05, 3.63) is 17.0 Å². The van der Waals surface area contributed by atoms with Crippen molar-refractivity contribution >= 4 is 9.84 Å². The van der Waals surface area contributed by atoms with Crippen molar-refractivity contribution in [1.82, 2.24) is 9.78 Å². The molecule has 1 saturated heterocycles. The zero-order chi connectivity index (χ0) is 14.9. The summed E-state index contributed by atoms with van der Waals surface area (Å²) in [6.45, 7) is 6.23. The Balaban J connectivity index is 2.46. The molecule has 0 radical (unpaired) electrons. The largest absolute Gasteiger partial charge is 0.324 e. The summed E-state index contributed by atoms with van der Waals surface area (Å²) in [5.74, 6) is 0.489. The van der Waals surface area contributed by atoms with Crippen LogP contribution in [-0.4, -0.2) is 29.7 Å². The Morgan fingerprint density at radius 1 is 1.35 bits per heavy atom. The van der Waals surface area contributed by atoms with E-state index < -0.39 is 9.84 Å². The number of rotatable bonds is 5. The van der Waals surface area contributed by atoms with Gasteiger partial charge in [-0.3, -0.25) is 4.68 Å². The highest BCUT2D eigenvalue weighted by atomic mass is 32.2. The first kappa shape index (κ1) is 15.5. The lowest BCUT2D eigenvalue weighted by atomic mass is 10.00. The fourth-order valence-corrected chi connectivity index (χ4v) is 4.74. The highest BCUT2D eigenvalue weighted by molar-refractivity contribution is 7.91. The maximum atomic E-state index is 11.7. The predicted molar refractivity (Wildman–Crippen MR) is 80.5 cm³/mol. The first-order chi connectivity index (χ1) is 9.43. The molecule has 0 spiro atoms. The van der Waals surface area contributed by atoms with Crippen molar-refractivity contribution in [2.45, 2.75) is 58.5 Å². The third-order valence-corrected chi connectivity index (χ3v) is 5.91. The Kier molecular flexibility index (Phi) is 4.54. The molecular formula is C14H25N3O2S. The highest BCUT2D eigenvalue weighted by Crippen LogP contribution is 2.30. The monoisotopic (exact) mass is 299 g/mol. The van der Waals surface area contributed by atoms with Crippen LogP contribution in [-0.2, 0) is 22.7 Å². The second kappa shape index (κ2) is 5.85. The highest BCUT2D eigenvalue weighted by Gasteiger charge is 2.32. The zero-order valence-electron chi connectivity index (χ0n) is 12.6. The van der Waals surface area contributed by atoms with Crippen molar-refractivity contribution in [2.24, 2.45) is 5.73 Å². The fraction of sp³-hybridized carbons (Fsp3) is 0.786. The SMILES string of the molecule is CCc1nn(C2CCS(=O)(=O)C2)c(CC)c1C(N)CC. The second-order valence-electron chi connectivity index (χ2n) is 5.53. The first-order valence-corrected chi connectivity index (χ1v) is 9.31. The lowest BCUT2D eigenvalue weighted by Crippen LogP contribution is -2.17. The molecule has 2 atom stereocenters. The van der Waals surface area contributed by atoms with Gasteiger partial charge in [0.1, 0.15) is 0 Å². The number of nitrogens with two attached hydrogens (primary N) is 1. The molecule has 1 aliphatic heterocycles. The van der Waals surface area contributed by atoms with E-state index >= 15 is 0 Å². The van der Waals surface area contributed by atoms with Gasteiger partial charge in [-0.2, -0.15) is 5.10 Å². The molecule has 20 heavy (non-hydrogen) atoms. The molecule has 0 amide bonds. The molecular weight excluding hydrogens is 274 g/mol. The summed E-state index contributed by atoms with van der Waals surface area (Å²) in [6, 6.07) is -0.0234. The fourth-order valence-electron chi connectivity index (χ4n) is 3.05. The van der Waals surface area contributed by atoms with Crippen LogP contribution in [0.15, 0.2) is 0 Å². The summed E-state index contributed by atoms with van der Waals surface area (Å²) in [7, 11) is -2.90. The van der Waals surface area contributed by atoms with Crippen LogP contribution in [0, 0.1) is 0 Å². The van der Waals surface area contributed by atoms with Gasteiger partial charge in [0.15, 0.2) is 9.84 Å². The Hall–Kier alpha value is -0.880. The van der Waals surface area contributed by atoms with Gasteiger partial charge >= 0.3 is 0 Å².